The van der Waals surface area contributed by atoms with Crippen LogP contribution in [-0.4, -0.2) is 18.2 Å². The van der Waals surface area contributed by atoms with Gasteiger partial charge in [-0.05, 0) is 29.8 Å². The number of halogens is 1. The second-order valence-electron chi connectivity index (χ2n) is 4.45. The molecule has 0 spiro atoms. The summed E-state index contributed by atoms with van der Waals surface area (Å²) < 4.78 is 0. The molecule has 0 amide bonds. The zero-order valence-electron chi connectivity index (χ0n) is 10.8. The first kappa shape index (κ1) is 13.8. The van der Waals surface area contributed by atoms with Crippen LogP contribution >= 0.6 is 15.9 Å². The number of ketones is 1. The van der Waals surface area contributed by atoms with Crippen LogP contribution in [-0.2, 0) is 6.54 Å². The smallest absolute Gasteiger partial charge is 0.173 e. The van der Waals surface area contributed by atoms with E-state index in [-0.39, 0.29) is 5.78 Å². The van der Waals surface area contributed by atoms with Gasteiger partial charge in [0.1, 0.15) is 0 Å². The number of anilines is 1. The lowest BCUT2D eigenvalue weighted by Crippen LogP contribution is -2.16. The van der Waals surface area contributed by atoms with E-state index in [1.165, 1.54) is 5.56 Å². The molecule has 2 aromatic carbocycles. The average Bonchev–Trinajstić information content (AvgIpc) is 2.47. The second-order valence-corrected chi connectivity index (χ2v) is 5.01. The third-order valence-corrected chi connectivity index (χ3v) is 3.52. The fourth-order valence-corrected chi connectivity index (χ4v) is 2.25. The van der Waals surface area contributed by atoms with Crippen molar-refractivity contribution in [3.8, 4) is 0 Å². The molecule has 98 valence electrons. The highest BCUT2D eigenvalue weighted by molar-refractivity contribution is 9.09. The number of nitrogens with zero attached hydrogens (tertiary/aromatic N) is 1. The summed E-state index contributed by atoms with van der Waals surface area (Å²) in [5.41, 5.74) is 3.12. The molecule has 0 heterocycles. The fourth-order valence-electron chi connectivity index (χ4n) is 1.93. The fraction of sp³-hybridized carbons (Fsp3) is 0.188. The number of alkyl halides is 1. The monoisotopic (exact) mass is 317 g/mol. The number of Topliss-reactive ketones (excluding diaryl/α,β-unsaturated/α-hetero) is 1. The van der Waals surface area contributed by atoms with E-state index in [9.17, 15) is 4.79 Å². The van der Waals surface area contributed by atoms with Crippen molar-refractivity contribution in [3.63, 3.8) is 0 Å². The summed E-state index contributed by atoms with van der Waals surface area (Å²) in [6.07, 6.45) is 0. The Bertz CT molecular complexity index is 536. The van der Waals surface area contributed by atoms with E-state index in [1.807, 2.05) is 49.5 Å². The van der Waals surface area contributed by atoms with Gasteiger partial charge < -0.3 is 4.90 Å². The van der Waals surface area contributed by atoms with Crippen LogP contribution in [0.3, 0.4) is 0 Å². The summed E-state index contributed by atoms with van der Waals surface area (Å²) >= 11 is 3.18. The van der Waals surface area contributed by atoms with Crippen molar-refractivity contribution in [1.29, 1.82) is 0 Å². The van der Waals surface area contributed by atoms with Gasteiger partial charge in [-0.2, -0.15) is 0 Å². The van der Waals surface area contributed by atoms with Gasteiger partial charge in [-0.3, -0.25) is 4.79 Å². The van der Waals surface area contributed by atoms with E-state index in [2.05, 4.69) is 33.0 Å². The van der Waals surface area contributed by atoms with Gasteiger partial charge in [-0.15, -0.1) is 0 Å². The zero-order valence-corrected chi connectivity index (χ0v) is 12.4. The largest absolute Gasteiger partial charge is 0.370 e. The van der Waals surface area contributed by atoms with Crippen LogP contribution in [0.1, 0.15) is 15.9 Å². The molecule has 0 saturated carbocycles. The highest BCUT2D eigenvalue weighted by Gasteiger charge is 2.05. The SMILES string of the molecule is CN(Cc1ccccc1)c1ccc(C(=O)CBr)cc1. The molecule has 2 rings (SSSR count). The third kappa shape index (κ3) is 3.67. The Morgan fingerprint density at radius 1 is 1.05 bits per heavy atom. The molecule has 0 aliphatic carbocycles. The van der Waals surface area contributed by atoms with E-state index in [1.54, 1.807) is 0 Å². The first-order chi connectivity index (χ1) is 9.20. The van der Waals surface area contributed by atoms with E-state index in [4.69, 9.17) is 0 Å². The highest BCUT2D eigenvalue weighted by atomic mass is 79.9. The summed E-state index contributed by atoms with van der Waals surface area (Å²) in [7, 11) is 2.05. The van der Waals surface area contributed by atoms with Crippen molar-refractivity contribution in [2.45, 2.75) is 6.54 Å². The minimum absolute atomic E-state index is 0.109. The standard InChI is InChI=1S/C16H16BrNO/c1-18(12-13-5-3-2-4-6-13)15-9-7-14(8-10-15)16(19)11-17/h2-10H,11-12H2,1H3. The van der Waals surface area contributed by atoms with Crippen LogP contribution in [0.25, 0.3) is 0 Å². The van der Waals surface area contributed by atoms with Crippen molar-refractivity contribution < 1.29 is 4.79 Å². The average molecular weight is 318 g/mol. The molecule has 0 aliphatic rings. The number of hydrogen-bond donors (Lipinski definition) is 0. The first-order valence-corrected chi connectivity index (χ1v) is 7.27. The minimum atomic E-state index is 0.109. The number of hydrogen-bond acceptors (Lipinski definition) is 2. The maximum absolute atomic E-state index is 11.5. The van der Waals surface area contributed by atoms with Gasteiger partial charge in [-0.25, -0.2) is 0 Å². The van der Waals surface area contributed by atoms with Crippen molar-refractivity contribution in [3.05, 3.63) is 65.7 Å². The van der Waals surface area contributed by atoms with E-state index >= 15 is 0 Å². The van der Waals surface area contributed by atoms with Crippen molar-refractivity contribution >= 4 is 27.4 Å². The van der Waals surface area contributed by atoms with Gasteiger partial charge in [0.15, 0.2) is 5.78 Å². The van der Waals surface area contributed by atoms with Crippen LogP contribution < -0.4 is 4.90 Å². The molecule has 19 heavy (non-hydrogen) atoms. The second kappa shape index (κ2) is 6.53. The van der Waals surface area contributed by atoms with Crippen LogP contribution in [0.4, 0.5) is 5.69 Å². The Kier molecular flexibility index (Phi) is 4.74. The molecule has 2 aromatic rings. The number of benzene rings is 2. The van der Waals surface area contributed by atoms with Crippen molar-refractivity contribution in [2.24, 2.45) is 0 Å². The number of carbonyl (C=O) groups is 1. The van der Waals surface area contributed by atoms with Crippen LogP contribution in [0.15, 0.2) is 54.6 Å². The predicted octanol–water partition coefficient (Wildman–Crippen LogP) is 3.90. The molecule has 0 N–H and O–H groups in total. The van der Waals surface area contributed by atoms with Crippen molar-refractivity contribution in [2.75, 3.05) is 17.3 Å². The lowest BCUT2D eigenvalue weighted by atomic mass is 10.1. The Balaban J connectivity index is 2.07. The topological polar surface area (TPSA) is 20.3 Å². The summed E-state index contributed by atoms with van der Waals surface area (Å²) in [6, 6.07) is 18.0. The summed E-state index contributed by atoms with van der Waals surface area (Å²) in [4.78, 5) is 13.7. The van der Waals surface area contributed by atoms with Gasteiger partial charge in [-0.1, -0.05) is 46.3 Å². The van der Waals surface area contributed by atoms with Crippen LogP contribution in [0.5, 0.6) is 0 Å². The number of rotatable bonds is 5. The van der Waals surface area contributed by atoms with Gasteiger partial charge in [0.05, 0.1) is 5.33 Å². The van der Waals surface area contributed by atoms with Gasteiger partial charge in [0, 0.05) is 24.8 Å². The van der Waals surface area contributed by atoms with Gasteiger partial charge in [0.25, 0.3) is 0 Å². The maximum atomic E-state index is 11.5. The predicted molar refractivity (Wildman–Crippen MR) is 83.1 cm³/mol. The summed E-state index contributed by atoms with van der Waals surface area (Å²) in [5.74, 6) is 0.109. The molecule has 0 saturated heterocycles. The Labute approximate surface area is 122 Å². The number of carbonyl (C=O) groups excluding carboxylic acids is 1. The van der Waals surface area contributed by atoms with E-state index in [0.717, 1.165) is 17.8 Å². The lowest BCUT2D eigenvalue weighted by Gasteiger charge is -2.19. The molecule has 0 aliphatic heterocycles. The Hall–Kier alpha value is -1.61. The highest BCUT2D eigenvalue weighted by Crippen LogP contribution is 2.17. The van der Waals surface area contributed by atoms with Crippen LogP contribution in [0, 0.1) is 0 Å². The Morgan fingerprint density at radius 2 is 1.68 bits per heavy atom. The minimum Gasteiger partial charge on any atom is -0.370 e. The molecule has 2 nitrogen and oxygen atoms in total. The van der Waals surface area contributed by atoms with Crippen molar-refractivity contribution in [1.82, 2.24) is 0 Å². The molecule has 0 atom stereocenters. The van der Waals surface area contributed by atoms with E-state index in [0.29, 0.717) is 5.33 Å². The summed E-state index contributed by atoms with van der Waals surface area (Å²) in [6.45, 7) is 0.854. The lowest BCUT2D eigenvalue weighted by molar-refractivity contribution is 0.102. The molecule has 0 fully saturated rings. The normalized spacial score (nSPS) is 10.2. The molecule has 0 unspecified atom stereocenters. The first-order valence-electron chi connectivity index (χ1n) is 6.15. The molecule has 0 radical (unpaired) electrons. The molecule has 0 aromatic heterocycles. The van der Waals surface area contributed by atoms with Gasteiger partial charge >= 0.3 is 0 Å². The molecule has 3 heteroatoms. The molecular formula is C16H16BrNO. The molecule has 0 bridgehead atoms. The zero-order chi connectivity index (χ0) is 13.7. The van der Waals surface area contributed by atoms with Gasteiger partial charge in [0.2, 0.25) is 0 Å². The van der Waals surface area contributed by atoms with E-state index < -0.39 is 0 Å². The van der Waals surface area contributed by atoms with Crippen LogP contribution in [0.2, 0.25) is 0 Å². The maximum Gasteiger partial charge on any atom is 0.173 e. The Morgan fingerprint density at radius 3 is 2.26 bits per heavy atom. The quantitative estimate of drug-likeness (QED) is 0.615. The third-order valence-electron chi connectivity index (χ3n) is 3.01. The molecular weight excluding hydrogens is 302 g/mol. The summed E-state index contributed by atoms with van der Waals surface area (Å²) in [5, 5.41) is 0.367.